The lowest BCUT2D eigenvalue weighted by atomic mass is 9.83. The number of carbonyl (C=O) groups excluding carboxylic acids is 3. The second-order valence-corrected chi connectivity index (χ2v) is 7.64. The van der Waals surface area contributed by atoms with E-state index in [-0.39, 0.29) is 30.0 Å². The van der Waals surface area contributed by atoms with Gasteiger partial charge in [-0.3, -0.25) is 0 Å². The zero-order valence-corrected chi connectivity index (χ0v) is 16.8. The molecule has 0 bridgehead atoms. The second kappa shape index (κ2) is 8.78. The van der Waals surface area contributed by atoms with Crippen LogP contribution in [0.5, 0.6) is 0 Å². The Morgan fingerprint density at radius 1 is 1.10 bits per heavy atom. The third kappa shape index (κ3) is 5.23. The molecule has 7 heteroatoms. The molecular formula is C22H26O7. The van der Waals surface area contributed by atoms with Gasteiger partial charge in [0.2, 0.25) is 0 Å². The molecule has 1 saturated heterocycles. The predicted octanol–water partition coefficient (Wildman–Crippen LogP) is 3.08. The molecule has 29 heavy (non-hydrogen) atoms. The van der Waals surface area contributed by atoms with Crippen molar-refractivity contribution in [3.05, 3.63) is 47.5 Å². The summed E-state index contributed by atoms with van der Waals surface area (Å²) in [6.45, 7) is 7.66. The van der Waals surface area contributed by atoms with E-state index in [1.165, 1.54) is 24.3 Å². The predicted molar refractivity (Wildman–Crippen MR) is 103 cm³/mol. The highest BCUT2D eigenvalue weighted by molar-refractivity contribution is 5.94. The fourth-order valence-electron chi connectivity index (χ4n) is 3.42. The van der Waals surface area contributed by atoms with Gasteiger partial charge in [-0.05, 0) is 63.3 Å². The highest BCUT2D eigenvalue weighted by Crippen LogP contribution is 2.49. The molecule has 3 atom stereocenters. The number of hydrogen-bond acceptors (Lipinski definition) is 7. The van der Waals surface area contributed by atoms with Gasteiger partial charge in [0, 0.05) is 0 Å². The van der Waals surface area contributed by atoms with Crippen LogP contribution in [0.1, 0.15) is 53.8 Å². The zero-order chi connectivity index (χ0) is 21.0. The summed E-state index contributed by atoms with van der Waals surface area (Å²) in [4.78, 5) is 35.8. The zero-order valence-electron chi connectivity index (χ0n) is 16.8. The van der Waals surface area contributed by atoms with Crippen LogP contribution in [0, 0.1) is 5.92 Å². The van der Waals surface area contributed by atoms with Gasteiger partial charge in [-0.2, -0.15) is 0 Å². The van der Waals surface area contributed by atoms with E-state index in [0.717, 1.165) is 19.3 Å². The molecule has 0 aromatic heterocycles. The Hall–Kier alpha value is -2.67. The number of benzene rings is 1. The van der Waals surface area contributed by atoms with Crippen molar-refractivity contribution in [1.82, 2.24) is 0 Å². The molecule has 1 aliphatic heterocycles. The van der Waals surface area contributed by atoms with Crippen LogP contribution >= 0.6 is 0 Å². The minimum atomic E-state index is -0.620. The fourth-order valence-corrected chi connectivity index (χ4v) is 3.42. The van der Waals surface area contributed by atoms with Crippen LogP contribution in [0.25, 0.3) is 0 Å². The highest BCUT2D eigenvalue weighted by atomic mass is 16.6. The summed E-state index contributed by atoms with van der Waals surface area (Å²) in [5, 5.41) is 0. The van der Waals surface area contributed by atoms with Gasteiger partial charge in [-0.25, -0.2) is 14.4 Å². The molecule has 1 heterocycles. The van der Waals surface area contributed by atoms with Crippen molar-refractivity contribution >= 4 is 17.9 Å². The number of fused-ring (bicyclic) bond motifs is 1. The number of ether oxygens (including phenoxy) is 4. The van der Waals surface area contributed by atoms with Crippen LogP contribution in [-0.2, 0) is 23.7 Å². The molecule has 0 radical (unpaired) electrons. The Balaban J connectivity index is 1.44. The van der Waals surface area contributed by atoms with Crippen molar-refractivity contribution < 1.29 is 33.3 Å². The molecule has 1 saturated carbocycles. The van der Waals surface area contributed by atoms with E-state index in [4.69, 9.17) is 18.9 Å². The molecule has 1 aliphatic carbocycles. The smallest absolute Gasteiger partial charge is 0.338 e. The molecule has 156 valence electrons. The van der Waals surface area contributed by atoms with Crippen LogP contribution < -0.4 is 0 Å². The lowest BCUT2D eigenvalue weighted by Crippen LogP contribution is -2.25. The van der Waals surface area contributed by atoms with Crippen molar-refractivity contribution in [3.63, 3.8) is 0 Å². The maximum atomic E-state index is 12.2. The van der Waals surface area contributed by atoms with E-state index >= 15 is 0 Å². The topological polar surface area (TPSA) is 91.4 Å². The van der Waals surface area contributed by atoms with Crippen molar-refractivity contribution in [2.75, 3.05) is 19.8 Å². The quantitative estimate of drug-likeness (QED) is 0.286. The third-order valence-electron chi connectivity index (χ3n) is 5.38. The van der Waals surface area contributed by atoms with Crippen LogP contribution in [0.2, 0.25) is 0 Å². The standard InChI is InChI=1S/C22H26O7/c1-4-26-19(23)14(2)12-27-20(24)16-5-7-17(8-6-16)21(25)28-13-15-9-10-22(3)18(11-15)29-22/h5-8,15,18H,2,4,9-13H2,1,3H3. The Labute approximate surface area is 170 Å². The van der Waals surface area contributed by atoms with Gasteiger partial charge in [-0.15, -0.1) is 0 Å². The average molecular weight is 402 g/mol. The monoisotopic (exact) mass is 402 g/mol. The van der Waals surface area contributed by atoms with E-state index in [2.05, 4.69) is 13.5 Å². The summed E-state index contributed by atoms with van der Waals surface area (Å²) < 4.78 is 20.9. The molecule has 0 N–H and O–H groups in total. The minimum Gasteiger partial charge on any atom is -0.463 e. The van der Waals surface area contributed by atoms with Crippen LogP contribution in [0.4, 0.5) is 0 Å². The summed E-state index contributed by atoms with van der Waals surface area (Å²) in [5.74, 6) is -1.33. The Morgan fingerprint density at radius 3 is 2.31 bits per heavy atom. The van der Waals surface area contributed by atoms with E-state index in [9.17, 15) is 14.4 Å². The van der Waals surface area contributed by atoms with E-state index in [0.29, 0.717) is 24.2 Å². The first kappa shape index (κ1) is 21.0. The first-order valence-electron chi connectivity index (χ1n) is 9.79. The molecular weight excluding hydrogens is 376 g/mol. The molecule has 3 rings (SSSR count). The lowest BCUT2D eigenvalue weighted by Gasteiger charge is -2.21. The first-order chi connectivity index (χ1) is 13.8. The Morgan fingerprint density at radius 2 is 1.72 bits per heavy atom. The number of esters is 3. The van der Waals surface area contributed by atoms with Gasteiger partial charge in [0.25, 0.3) is 0 Å². The largest absolute Gasteiger partial charge is 0.463 e. The molecule has 1 aromatic rings. The van der Waals surface area contributed by atoms with Gasteiger partial charge in [0.05, 0.1) is 41.6 Å². The molecule has 1 aromatic carbocycles. The second-order valence-electron chi connectivity index (χ2n) is 7.64. The Kier molecular flexibility index (Phi) is 6.37. The normalized spacial score (nSPS) is 24.8. The van der Waals surface area contributed by atoms with Crippen LogP contribution in [-0.4, -0.2) is 49.4 Å². The Bertz CT molecular complexity index is 798. The van der Waals surface area contributed by atoms with Crippen molar-refractivity contribution in [3.8, 4) is 0 Å². The average Bonchev–Trinajstić information content (AvgIpc) is 3.40. The van der Waals surface area contributed by atoms with Crippen molar-refractivity contribution in [2.24, 2.45) is 5.92 Å². The number of hydrogen-bond donors (Lipinski definition) is 0. The van der Waals surface area contributed by atoms with E-state index in [1.54, 1.807) is 6.92 Å². The molecule has 2 aliphatic rings. The summed E-state index contributed by atoms with van der Waals surface area (Å²) in [6, 6.07) is 5.99. The first-order valence-corrected chi connectivity index (χ1v) is 9.79. The van der Waals surface area contributed by atoms with Crippen molar-refractivity contribution in [1.29, 1.82) is 0 Å². The molecule has 0 spiro atoms. The van der Waals surface area contributed by atoms with Crippen molar-refractivity contribution in [2.45, 2.75) is 44.8 Å². The molecule has 7 nitrogen and oxygen atoms in total. The van der Waals surface area contributed by atoms with E-state index in [1.807, 2.05) is 0 Å². The summed E-state index contributed by atoms with van der Waals surface area (Å²) in [6.07, 6.45) is 3.21. The molecule has 3 unspecified atom stereocenters. The minimum absolute atomic E-state index is 0.0492. The van der Waals surface area contributed by atoms with Crippen LogP contribution in [0.3, 0.4) is 0 Å². The maximum absolute atomic E-state index is 12.2. The third-order valence-corrected chi connectivity index (χ3v) is 5.38. The highest BCUT2D eigenvalue weighted by Gasteiger charge is 2.55. The summed E-state index contributed by atoms with van der Waals surface area (Å²) in [5.41, 5.74) is 0.727. The van der Waals surface area contributed by atoms with Gasteiger partial charge in [0.15, 0.2) is 0 Å². The molecule has 0 amide bonds. The lowest BCUT2D eigenvalue weighted by molar-refractivity contribution is -0.138. The number of carbonyl (C=O) groups is 3. The van der Waals surface area contributed by atoms with E-state index < -0.39 is 17.9 Å². The van der Waals surface area contributed by atoms with Crippen LogP contribution in [0.15, 0.2) is 36.4 Å². The van der Waals surface area contributed by atoms with Gasteiger partial charge in [0.1, 0.15) is 6.61 Å². The van der Waals surface area contributed by atoms with Gasteiger partial charge in [-0.1, -0.05) is 6.58 Å². The number of epoxide rings is 1. The number of rotatable bonds is 8. The SMILES string of the molecule is C=C(COC(=O)c1ccc(C(=O)OCC2CCC3(C)OC3C2)cc1)C(=O)OCC. The summed E-state index contributed by atoms with van der Waals surface area (Å²) >= 11 is 0. The van der Waals surface area contributed by atoms with Gasteiger partial charge >= 0.3 is 17.9 Å². The summed E-state index contributed by atoms with van der Waals surface area (Å²) in [7, 11) is 0. The molecule has 2 fully saturated rings. The fraction of sp³-hybridized carbons (Fsp3) is 0.500. The maximum Gasteiger partial charge on any atom is 0.338 e. The van der Waals surface area contributed by atoms with Gasteiger partial charge < -0.3 is 18.9 Å².